The van der Waals surface area contributed by atoms with E-state index < -0.39 is 5.82 Å². The van der Waals surface area contributed by atoms with E-state index in [1.54, 1.807) is 31.2 Å². The number of hydrogen-bond donors (Lipinski definition) is 1. The van der Waals surface area contributed by atoms with Crippen LogP contribution in [-0.2, 0) is 11.2 Å². The maximum Gasteiger partial charge on any atom is 0.234 e. The Bertz CT molecular complexity index is 396. The van der Waals surface area contributed by atoms with Gasteiger partial charge in [0.15, 0.2) is 0 Å². The molecule has 1 aromatic carbocycles. The molecule has 0 saturated carbocycles. The predicted octanol–water partition coefficient (Wildman–Crippen LogP) is 2.39. The summed E-state index contributed by atoms with van der Waals surface area (Å²) in [6, 6.07) is 4.63. The van der Waals surface area contributed by atoms with Crippen molar-refractivity contribution in [3.63, 3.8) is 0 Å². The number of nitrogens with zero attached hydrogens (tertiary/aromatic N) is 1. The van der Waals surface area contributed by atoms with Crippen LogP contribution in [0.15, 0.2) is 18.2 Å². The average Bonchev–Trinajstić information content (AvgIpc) is 2.22. The summed E-state index contributed by atoms with van der Waals surface area (Å²) in [6.45, 7) is 0. The summed E-state index contributed by atoms with van der Waals surface area (Å²) in [6.07, 6.45) is 1.86. The summed E-state index contributed by atoms with van der Waals surface area (Å²) >= 11 is 5.66. The quantitative estimate of drug-likeness (QED) is 0.823. The highest BCUT2D eigenvalue weighted by Crippen LogP contribution is 2.17. The van der Waals surface area contributed by atoms with Crippen molar-refractivity contribution in [2.45, 2.75) is 19.3 Å². The number of halogens is 2. The fraction of sp³-hybridized carbons (Fsp3) is 0.417. The Balaban J connectivity index is 2.36. The first kappa shape index (κ1) is 13.9. The Morgan fingerprint density at radius 3 is 2.76 bits per heavy atom. The van der Waals surface area contributed by atoms with Gasteiger partial charge in [-0.15, -0.1) is 0 Å². The second-order valence-corrected chi connectivity index (χ2v) is 4.44. The average molecular weight is 259 g/mol. The number of rotatable bonds is 5. The molecule has 0 aliphatic carbocycles. The second kappa shape index (κ2) is 6.57. The molecule has 94 valence electrons. The van der Waals surface area contributed by atoms with Gasteiger partial charge in [-0.1, -0.05) is 17.7 Å². The largest absolute Gasteiger partial charge is 0.289 e. The molecule has 1 N–H and O–H groups in total. The van der Waals surface area contributed by atoms with Crippen molar-refractivity contribution in [2.75, 3.05) is 14.1 Å². The van der Waals surface area contributed by atoms with E-state index >= 15 is 0 Å². The van der Waals surface area contributed by atoms with Gasteiger partial charge >= 0.3 is 0 Å². The summed E-state index contributed by atoms with van der Waals surface area (Å²) in [5.74, 6) is -0.441. The molecule has 1 rings (SSSR count). The summed E-state index contributed by atoms with van der Waals surface area (Å²) in [4.78, 5) is 11.3. The fourth-order valence-electron chi connectivity index (χ4n) is 1.45. The molecule has 1 amide bonds. The van der Waals surface area contributed by atoms with Crippen molar-refractivity contribution in [1.82, 2.24) is 10.4 Å². The molecule has 0 aliphatic heterocycles. The van der Waals surface area contributed by atoms with Crippen molar-refractivity contribution in [3.05, 3.63) is 34.6 Å². The van der Waals surface area contributed by atoms with E-state index in [2.05, 4.69) is 5.43 Å². The molecule has 0 aromatic heterocycles. The lowest BCUT2D eigenvalue weighted by molar-refractivity contribution is -0.124. The minimum atomic E-state index is -0.416. The molecule has 17 heavy (non-hydrogen) atoms. The van der Waals surface area contributed by atoms with Gasteiger partial charge in [-0.25, -0.2) is 9.40 Å². The molecule has 0 atom stereocenters. The Morgan fingerprint density at radius 1 is 1.47 bits per heavy atom. The predicted molar refractivity (Wildman–Crippen MR) is 66.2 cm³/mol. The molecule has 3 nitrogen and oxygen atoms in total. The van der Waals surface area contributed by atoms with E-state index in [4.69, 9.17) is 11.6 Å². The standard InChI is InChI=1S/C12H16ClFN2O/c1-16(2)15-12(17)5-3-4-9-6-7-11(14)10(13)8-9/h6-8H,3-5H2,1-2H3,(H,15,17). The van der Waals surface area contributed by atoms with Gasteiger partial charge in [0.2, 0.25) is 5.91 Å². The summed E-state index contributed by atoms with van der Waals surface area (Å²) in [5, 5.41) is 1.73. The monoisotopic (exact) mass is 258 g/mol. The van der Waals surface area contributed by atoms with Crippen LogP contribution in [0, 0.1) is 5.82 Å². The van der Waals surface area contributed by atoms with Gasteiger partial charge < -0.3 is 0 Å². The van der Waals surface area contributed by atoms with E-state index in [1.165, 1.54) is 6.07 Å². The van der Waals surface area contributed by atoms with Crippen molar-refractivity contribution in [2.24, 2.45) is 0 Å². The normalized spacial score (nSPS) is 10.6. The van der Waals surface area contributed by atoms with Gasteiger partial charge in [0.25, 0.3) is 0 Å². The number of amides is 1. The highest BCUT2D eigenvalue weighted by atomic mass is 35.5. The van der Waals surface area contributed by atoms with E-state index in [0.29, 0.717) is 19.3 Å². The first-order chi connectivity index (χ1) is 7.99. The fourth-order valence-corrected chi connectivity index (χ4v) is 1.66. The third-order valence-corrected chi connectivity index (χ3v) is 2.49. The van der Waals surface area contributed by atoms with Crippen LogP contribution in [0.3, 0.4) is 0 Å². The van der Waals surface area contributed by atoms with Crippen molar-refractivity contribution in [3.8, 4) is 0 Å². The van der Waals surface area contributed by atoms with Crippen LogP contribution in [0.5, 0.6) is 0 Å². The molecule has 0 radical (unpaired) electrons. The lowest BCUT2D eigenvalue weighted by Crippen LogP contribution is -2.35. The van der Waals surface area contributed by atoms with Gasteiger partial charge in [-0.05, 0) is 30.5 Å². The number of nitrogens with one attached hydrogen (secondary N) is 1. The van der Waals surface area contributed by atoms with Gasteiger partial charge in [0.05, 0.1) is 5.02 Å². The molecule has 1 aromatic rings. The maximum atomic E-state index is 12.9. The van der Waals surface area contributed by atoms with Crippen LogP contribution in [0.4, 0.5) is 4.39 Å². The molecular formula is C12H16ClFN2O. The van der Waals surface area contributed by atoms with Crippen molar-refractivity contribution in [1.29, 1.82) is 0 Å². The molecule has 0 bridgehead atoms. The van der Waals surface area contributed by atoms with Crippen molar-refractivity contribution < 1.29 is 9.18 Å². The second-order valence-electron chi connectivity index (χ2n) is 4.03. The van der Waals surface area contributed by atoms with E-state index in [9.17, 15) is 9.18 Å². The Kier molecular flexibility index (Phi) is 5.38. The molecule has 0 unspecified atom stereocenters. The number of carbonyl (C=O) groups is 1. The maximum absolute atomic E-state index is 12.9. The Morgan fingerprint density at radius 2 is 2.18 bits per heavy atom. The minimum absolute atomic E-state index is 0.0248. The number of aryl methyl sites for hydroxylation is 1. The molecule has 0 aliphatic rings. The Hall–Kier alpha value is -1.13. The van der Waals surface area contributed by atoms with Gasteiger partial charge in [0.1, 0.15) is 5.82 Å². The molecule has 0 spiro atoms. The van der Waals surface area contributed by atoms with E-state index in [1.807, 2.05) is 0 Å². The highest BCUT2D eigenvalue weighted by Gasteiger charge is 2.04. The SMILES string of the molecule is CN(C)NC(=O)CCCc1ccc(F)c(Cl)c1. The first-order valence-electron chi connectivity index (χ1n) is 5.40. The lowest BCUT2D eigenvalue weighted by atomic mass is 10.1. The number of carbonyl (C=O) groups excluding carboxylic acids is 1. The zero-order valence-electron chi connectivity index (χ0n) is 9.96. The minimum Gasteiger partial charge on any atom is -0.289 e. The smallest absolute Gasteiger partial charge is 0.234 e. The number of hydrazine groups is 1. The molecule has 0 fully saturated rings. The number of benzene rings is 1. The molecular weight excluding hydrogens is 243 g/mol. The number of hydrogen-bond acceptors (Lipinski definition) is 2. The lowest BCUT2D eigenvalue weighted by Gasteiger charge is -2.11. The zero-order chi connectivity index (χ0) is 12.8. The van der Waals surface area contributed by atoms with Crippen LogP contribution in [0.2, 0.25) is 5.02 Å². The van der Waals surface area contributed by atoms with Crippen LogP contribution < -0.4 is 5.43 Å². The van der Waals surface area contributed by atoms with Crippen LogP contribution in [0.25, 0.3) is 0 Å². The van der Waals surface area contributed by atoms with Crippen molar-refractivity contribution >= 4 is 17.5 Å². The third-order valence-electron chi connectivity index (χ3n) is 2.20. The van der Waals surface area contributed by atoms with Crippen LogP contribution in [0.1, 0.15) is 18.4 Å². The summed E-state index contributed by atoms with van der Waals surface area (Å²) in [5.41, 5.74) is 3.60. The van der Waals surface area contributed by atoms with Gasteiger partial charge in [-0.3, -0.25) is 10.2 Å². The first-order valence-corrected chi connectivity index (χ1v) is 5.77. The molecule has 0 saturated heterocycles. The van der Waals surface area contributed by atoms with E-state index in [-0.39, 0.29) is 10.9 Å². The highest BCUT2D eigenvalue weighted by molar-refractivity contribution is 6.30. The zero-order valence-corrected chi connectivity index (χ0v) is 10.7. The van der Waals surface area contributed by atoms with Crippen LogP contribution >= 0.6 is 11.6 Å². The van der Waals surface area contributed by atoms with E-state index in [0.717, 1.165) is 5.56 Å². The summed E-state index contributed by atoms with van der Waals surface area (Å²) < 4.78 is 12.9. The van der Waals surface area contributed by atoms with Crippen LogP contribution in [-0.4, -0.2) is 25.0 Å². The van der Waals surface area contributed by atoms with Gasteiger partial charge in [0, 0.05) is 20.5 Å². The topological polar surface area (TPSA) is 32.3 Å². The molecule has 5 heteroatoms. The molecule has 0 heterocycles. The Labute approximate surface area is 106 Å². The third kappa shape index (κ3) is 5.15. The van der Waals surface area contributed by atoms with Gasteiger partial charge in [-0.2, -0.15) is 0 Å². The summed E-state index contributed by atoms with van der Waals surface area (Å²) in [7, 11) is 3.52.